The van der Waals surface area contributed by atoms with Gasteiger partial charge in [-0.15, -0.1) is 0 Å². The normalized spacial score (nSPS) is 21.1. The number of benzene rings is 1. The predicted molar refractivity (Wildman–Crippen MR) is 76.4 cm³/mol. The molecule has 1 aromatic heterocycles. The van der Waals surface area contributed by atoms with Gasteiger partial charge in [0.1, 0.15) is 5.52 Å². The van der Waals surface area contributed by atoms with Crippen molar-refractivity contribution in [3.63, 3.8) is 0 Å². The molecule has 2 aromatic rings. The van der Waals surface area contributed by atoms with Crippen molar-refractivity contribution < 1.29 is 4.42 Å². The van der Waals surface area contributed by atoms with Gasteiger partial charge in [-0.1, -0.05) is 6.07 Å². The maximum atomic E-state index is 5.59. The highest BCUT2D eigenvalue weighted by atomic mass is 16.3. The molecule has 0 bridgehead atoms. The maximum Gasteiger partial charge on any atom is 0.192 e. The van der Waals surface area contributed by atoms with Crippen LogP contribution in [0.25, 0.3) is 11.1 Å². The lowest BCUT2D eigenvalue weighted by molar-refractivity contribution is 0.191. The molecule has 0 spiro atoms. The van der Waals surface area contributed by atoms with Crippen LogP contribution >= 0.6 is 0 Å². The van der Waals surface area contributed by atoms with E-state index < -0.39 is 0 Å². The molecule has 0 amide bonds. The molecular formula is C15H21N3O. The average Bonchev–Trinajstić information content (AvgIpc) is 2.77. The second-order valence-corrected chi connectivity index (χ2v) is 5.41. The van der Waals surface area contributed by atoms with E-state index in [1.54, 1.807) is 0 Å². The number of hydrogen-bond acceptors (Lipinski definition) is 4. The van der Waals surface area contributed by atoms with Crippen LogP contribution in [0.3, 0.4) is 0 Å². The number of likely N-dealkylation sites (N-methyl/N-ethyl adjacent to an activating group) is 1. The van der Waals surface area contributed by atoms with Crippen LogP contribution in [0, 0.1) is 6.92 Å². The molecule has 1 aliphatic rings. The summed E-state index contributed by atoms with van der Waals surface area (Å²) in [6.07, 6.45) is 2.27. The number of rotatable bonds is 3. The first-order valence-corrected chi connectivity index (χ1v) is 6.99. The van der Waals surface area contributed by atoms with Crippen molar-refractivity contribution >= 4 is 11.1 Å². The van der Waals surface area contributed by atoms with Crippen molar-refractivity contribution in [2.75, 3.05) is 26.7 Å². The molecule has 1 atom stereocenters. The summed E-state index contributed by atoms with van der Waals surface area (Å²) in [7, 11) is 2.22. The van der Waals surface area contributed by atoms with E-state index in [-0.39, 0.29) is 0 Å². The molecule has 1 aliphatic heterocycles. The fourth-order valence-electron chi connectivity index (χ4n) is 2.76. The quantitative estimate of drug-likeness (QED) is 0.915. The first-order chi connectivity index (χ1) is 9.22. The predicted octanol–water partition coefficient (Wildman–Crippen LogP) is 1.97. The second kappa shape index (κ2) is 5.31. The molecule has 0 radical (unpaired) electrons. The molecule has 1 saturated heterocycles. The van der Waals surface area contributed by atoms with Crippen molar-refractivity contribution in [2.24, 2.45) is 0 Å². The van der Waals surface area contributed by atoms with Gasteiger partial charge in [-0.3, -0.25) is 0 Å². The molecule has 2 heterocycles. The summed E-state index contributed by atoms with van der Waals surface area (Å²) in [5.74, 6) is 0.739. The summed E-state index contributed by atoms with van der Waals surface area (Å²) in [6.45, 7) is 5.24. The summed E-state index contributed by atoms with van der Waals surface area (Å²) < 4.78 is 5.59. The van der Waals surface area contributed by atoms with Crippen LogP contribution in [0.1, 0.15) is 17.9 Å². The molecule has 102 valence electrons. The zero-order valence-corrected chi connectivity index (χ0v) is 11.6. The van der Waals surface area contributed by atoms with Crippen LogP contribution in [0.4, 0.5) is 0 Å². The highest BCUT2D eigenvalue weighted by Crippen LogP contribution is 2.18. The molecule has 3 rings (SSSR count). The molecule has 19 heavy (non-hydrogen) atoms. The smallest absolute Gasteiger partial charge is 0.192 e. The summed E-state index contributed by atoms with van der Waals surface area (Å²) in [5.41, 5.74) is 3.20. The lowest BCUT2D eigenvalue weighted by Crippen LogP contribution is -2.49. The van der Waals surface area contributed by atoms with Crippen LogP contribution in [0.2, 0.25) is 0 Å². The van der Waals surface area contributed by atoms with Crippen molar-refractivity contribution in [3.8, 4) is 0 Å². The van der Waals surface area contributed by atoms with Crippen LogP contribution < -0.4 is 5.32 Å². The molecule has 0 aliphatic carbocycles. The Morgan fingerprint density at radius 1 is 1.47 bits per heavy atom. The molecule has 1 N–H and O–H groups in total. The van der Waals surface area contributed by atoms with Gasteiger partial charge in [-0.2, -0.15) is 0 Å². The van der Waals surface area contributed by atoms with Crippen molar-refractivity contribution in [1.29, 1.82) is 0 Å². The third-order valence-corrected chi connectivity index (χ3v) is 3.97. The van der Waals surface area contributed by atoms with Gasteiger partial charge in [0.15, 0.2) is 11.5 Å². The van der Waals surface area contributed by atoms with Crippen LogP contribution in [-0.4, -0.2) is 42.6 Å². The van der Waals surface area contributed by atoms with E-state index in [1.807, 2.05) is 6.92 Å². The maximum absolute atomic E-state index is 5.59. The van der Waals surface area contributed by atoms with E-state index in [0.717, 1.165) is 43.0 Å². The standard InChI is InChI=1S/C15H21N3O/c1-11-17-14-6-4-12(9-15(14)19-11)3-5-13-10-16-7-8-18(13)2/h4,6,9,13,16H,3,5,7-8,10H2,1-2H3. The minimum Gasteiger partial charge on any atom is -0.441 e. The Kier molecular flexibility index (Phi) is 3.53. The van der Waals surface area contributed by atoms with Gasteiger partial charge in [-0.25, -0.2) is 4.98 Å². The number of nitrogens with zero attached hydrogens (tertiary/aromatic N) is 2. The Balaban J connectivity index is 1.67. The van der Waals surface area contributed by atoms with Gasteiger partial charge in [0.05, 0.1) is 0 Å². The number of aryl methyl sites for hydroxylation is 2. The fourth-order valence-corrected chi connectivity index (χ4v) is 2.76. The molecule has 4 heteroatoms. The largest absolute Gasteiger partial charge is 0.441 e. The summed E-state index contributed by atoms with van der Waals surface area (Å²) in [5, 5.41) is 3.46. The second-order valence-electron chi connectivity index (χ2n) is 5.41. The van der Waals surface area contributed by atoms with E-state index in [1.165, 1.54) is 12.0 Å². The third-order valence-electron chi connectivity index (χ3n) is 3.97. The van der Waals surface area contributed by atoms with Gasteiger partial charge in [-0.05, 0) is 37.6 Å². The Labute approximate surface area is 113 Å². The van der Waals surface area contributed by atoms with E-state index in [4.69, 9.17) is 4.42 Å². The first kappa shape index (κ1) is 12.6. The molecule has 1 aromatic carbocycles. The lowest BCUT2D eigenvalue weighted by Gasteiger charge is -2.33. The molecule has 4 nitrogen and oxygen atoms in total. The molecule has 1 fully saturated rings. The van der Waals surface area contributed by atoms with Crippen molar-refractivity contribution in [2.45, 2.75) is 25.8 Å². The third kappa shape index (κ3) is 2.80. The van der Waals surface area contributed by atoms with Crippen molar-refractivity contribution in [3.05, 3.63) is 29.7 Å². The van der Waals surface area contributed by atoms with E-state index in [2.05, 4.69) is 40.4 Å². The lowest BCUT2D eigenvalue weighted by atomic mass is 10.0. The summed E-state index contributed by atoms with van der Waals surface area (Å²) in [6, 6.07) is 7.00. The van der Waals surface area contributed by atoms with E-state index in [0.29, 0.717) is 6.04 Å². The van der Waals surface area contributed by atoms with Gasteiger partial charge < -0.3 is 14.6 Å². The van der Waals surface area contributed by atoms with Gasteiger partial charge >= 0.3 is 0 Å². The topological polar surface area (TPSA) is 41.3 Å². The Morgan fingerprint density at radius 3 is 3.21 bits per heavy atom. The highest BCUT2D eigenvalue weighted by Gasteiger charge is 2.18. The van der Waals surface area contributed by atoms with Gasteiger partial charge in [0, 0.05) is 32.6 Å². The SMILES string of the molecule is Cc1nc2ccc(CCC3CNCCN3C)cc2o1. The summed E-state index contributed by atoms with van der Waals surface area (Å²) >= 11 is 0. The Hall–Kier alpha value is -1.39. The zero-order valence-electron chi connectivity index (χ0n) is 11.6. The van der Waals surface area contributed by atoms with Crippen LogP contribution in [0.15, 0.2) is 22.6 Å². The minimum atomic E-state index is 0.640. The number of hydrogen-bond donors (Lipinski definition) is 1. The summed E-state index contributed by atoms with van der Waals surface area (Å²) in [4.78, 5) is 6.78. The van der Waals surface area contributed by atoms with Crippen LogP contribution in [0.5, 0.6) is 0 Å². The molecule has 0 saturated carbocycles. The monoisotopic (exact) mass is 259 g/mol. The number of aromatic nitrogens is 1. The average molecular weight is 259 g/mol. The van der Waals surface area contributed by atoms with Crippen molar-refractivity contribution in [1.82, 2.24) is 15.2 Å². The first-order valence-electron chi connectivity index (χ1n) is 6.99. The van der Waals surface area contributed by atoms with Crippen LogP contribution in [-0.2, 0) is 6.42 Å². The molecular weight excluding hydrogens is 238 g/mol. The van der Waals surface area contributed by atoms with E-state index >= 15 is 0 Å². The fraction of sp³-hybridized carbons (Fsp3) is 0.533. The minimum absolute atomic E-state index is 0.640. The highest BCUT2D eigenvalue weighted by molar-refractivity contribution is 5.73. The Bertz CT molecular complexity index is 564. The number of piperazine rings is 1. The Morgan fingerprint density at radius 2 is 2.37 bits per heavy atom. The van der Waals surface area contributed by atoms with Gasteiger partial charge in [0.2, 0.25) is 0 Å². The number of nitrogens with one attached hydrogen (secondary N) is 1. The van der Waals surface area contributed by atoms with E-state index in [9.17, 15) is 0 Å². The zero-order chi connectivity index (χ0) is 13.2. The molecule has 1 unspecified atom stereocenters. The number of fused-ring (bicyclic) bond motifs is 1. The number of oxazole rings is 1. The van der Waals surface area contributed by atoms with Gasteiger partial charge in [0.25, 0.3) is 0 Å².